The minimum atomic E-state index is 0.932. The van der Waals surface area contributed by atoms with Gasteiger partial charge in [-0.1, -0.05) is 68.0 Å². The third-order valence-electron chi connectivity index (χ3n) is 3.18. The summed E-state index contributed by atoms with van der Waals surface area (Å²) in [6.45, 7) is 6.10. The Labute approximate surface area is 110 Å². The second-order valence-electron chi connectivity index (χ2n) is 4.56. The van der Waals surface area contributed by atoms with E-state index in [1.165, 1.54) is 28.7 Å². The lowest BCUT2D eigenvalue weighted by Gasteiger charge is -2.14. The summed E-state index contributed by atoms with van der Waals surface area (Å²) in [4.78, 5) is 0. The Kier molecular flexibility index (Phi) is 4.35. The fourth-order valence-corrected chi connectivity index (χ4v) is 2.43. The number of hydrogen-bond donors (Lipinski definition) is 0. The first-order valence-corrected chi connectivity index (χ1v) is 6.64. The SMILES string of the molecule is C=CCc1cccc(CCC)c1-c1ccccc1. The first kappa shape index (κ1) is 12.6. The summed E-state index contributed by atoms with van der Waals surface area (Å²) in [7, 11) is 0. The molecular formula is C18H20. The lowest BCUT2D eigenvalue weighted by atomic mass is 9.91. The molecule has 0 atom stereocenters. The lowest BCUT2D eigenvalue weighted by Crippen LogP contribution is -1.95. The second kappa shape index (κ2) is 6.20. The van der Waals surface area contributed by atoms with Crippen molar-refractivity contribution >= 4 is 0 Å². The molecule has 0 aliphatic carbocycles. The first-order valence-electron chi connectivity index (χ1n) is 6.64. The van der Waals surface area contributed by atoms with Gasteiger partial charge in [0.2, 0.25) is 0 Å². The summed E-state index contributed by atoms with van der Waals surface area (Å²) in [6, 6.07) is 17.3. The molecule has 0 spiro atoms. The third-order valence-corrected chi connectivity index (χ3v) is 3.18. The normalized spacial score (nSPS) is 10.3. The van der Waals surface area contributed by atoms with E-state index >= 15 is 0 Å². The Bertz CT molecular complexity index is 509. The highest BCUT2D eigenvalue weighted by Gasteiger charge is 2.08. The molecule has 2 aromatic carbocycles. The summed E-state index contributed by atoms with van der Waals surface area (Å²) in [5, 5.41) is 0. The van der Waals surface area contributed by atoms with Crippen LogP contribution < -0.4 is 0 Å². The maximum absolute atomic E-state index is 3.87. The van der Waals surface area contributed by atoms with E-state index in [9.17, 15) is 0 Å². The molecule has 0 heterocycles. The zero-order valence-corrected chi connectivity index (χ0v) is 11.0. The van der Waals surface area contributed by atoms with Crippen LogP contribution in [0.4, 0.5) is 0 Å². The van der Waals surface area contributed by atoms with Gasteiger partial charge in [-0.2, -0.15) is 0 Å². The van der Waals surface area contributed by atoms with Gasteiger partial charge in [0.05, 0.1) is 0 Å². The van der Waals surface area contributed by atoms with E-state index in [0.29, 0.717) is 0 Å². The van der Waals surface area contributed by atoms with E-state index in [1.807, 2.05) is 6.08 Å². The Morgan fingerprint density at radius 2 is 1.67 bits per heavy atom. The van der Waals surface area contributed by atoms with Gasteiger partial charge in [-0.15, -0.1) is 6.58 Å². The zero-order chi connectivity index (χ0) is 12.8. The van der Waals surface area contributed by atoms with Crippen molar-refractivity contribution in [3.8, 4) is 11.1 Å². The van der Waals surface area contributed by atoms with Crippen molar-refractivity contribution < 1.29 is 0 Å². The molecule has 0 fully saturated rings. The minimum absolute atomic E-state index is 0.932. The van der Waals surface area contributed by atoms with Crippen molar-refractivity contribution in [2.24, 2.45) is 0 Å². The Morgan fingerprint density at radius 3 is 2.33 bits per heavy atom. The molecule has 0 aromatic heterocycles. The van der Waals surface area contributed by atoms with E-state index in [2.05, 4.69) is 62.0 Å². The molecule has 2 rings (SSSR count). The highest BCUT2D eigenvalue weighted by molar-refractivity contribution is 5.71. The fraction of sp³-hybridized carbons (Fsp3) is 0.222. The summed E-state index contributed by atoms with van der Waals surface area (Å²) in [6.07, 6.45) is 5.23. The maximum Gasteiger partial charge on any atom is -0.00939 e. The van der Waals surface area contributed by atoms with Crippen molar-refractivity contribution in [3.63, 3.8) is 0 Å². The summed E-state index contributed by atoms with van der Waals surface area (Å²) in [5.41, 5.74) is 5.54. The van der Waals surface area contributed by atoms with Crippen LogP contribution in [0.3, 0.4) is 0 Å². The molecule has 18 heavy (non-hydrogen) atoms. The van der Waals surface area contributed by atoms with Gasteiger partial charge in [0.25, 0.3) is 0 Å². The first-order chi connectivity index (χ1) is 8.86. The van der Waals surface area contributed by atoms with Crippen molar-refractivity contribution in [2.75, 3.05) is 0 Å². The molecule has 92 valence electrons. The van der Waals surface area contributed by atoms with Crippen molar-refractivity contribution in [2.45, 2.75) is 26.2 Å². The predicted molar refractivity (Wildman–Crippen MR) is 79.8 cm³/mol. The molecular weight excluding hydrogens is 216 g/mol. The van der Waals surface area contributed by atoms with Gasteiger partial charge in [0.1, 0.15) is 0 Å². The summed E-state index contributed by atoms with van der Waals surface area (Å²) >= 11 is 0. The zero-order valence-electron chi connectivity index (χ0n) is 11.0. The molecule has 0 saturated carbocycles. The number of allylic oxidation sites excluding steroid dienone is 1. The van der Waals surface area contributed by atoms with Crippen LogP contribution in [0.15, 0.2) is 61.2 Å². The quantitative estimate of drug-likeness (QED) is 0.638. The van der Waals surface area contributed by atoms with Gasteiger partial charge in [-0.3, -0.25) is 0 Å². The largest absolute Gasteiger partial charge is 0.103 e. The predicted octanol–water partition coefficient (Wildman–Crippen LogP) is 5.03. The highest BCUT2D eigenvalue weighted by atomic mass is 14.1. The van der Waals surface area contributed by atoms with Gasteiger partial charge >= 0.3 is 0 Å². The average molecular weight is 236 g/mol. The van der Waals surface area contributed by atoms with Crippen molar-refractivity contribution in [3.05, 3.63) is 72.3 Å². The third kappa shape index (κ3) is 2.70. The molecule has 0 radical (unpaired) electrons. The van der Waals surface area contributed by atoms with Crippen molar-refractivity contribution in [1.82, 2.24) is 0 Å². The molecule has 0 amide bonds. The lowest BCUT2D eigenvalue weighted by molar-refractivity contribution is 0.921. The van der Waals surface area contributed by atoms with Gasteiger partial charge in [0.15, 0.2) is 0 Å². The Hall–Kier alpha value is -1.82. The molecule has 0 N–H and O–H groups in total. The molecule has 0 saturated heterocycles. The summed E-state index contributed by atoms with van der Waals surface area (Å²) < 4.78 is 0. The van der Waals surface area contributed by atoms with E-state index in [-0.39, 0.29) is 0 Å². The van der Waals surface area contributed by atoms with Gasteiger partial charge in [-0.05, 0) is 35.1 Å². The Morgan fingerprint density at radius 1 is 0.944 bits per heavy atom. The van der Waals surface area contributed by atoms with Crippen LogP contribution in [0.5, 0.6) is 0 Å². The number of hydrogen-bond acceptors (Lipinski definition) is 0. The standard InChI is InChI=1S/C18H20/c1-3-9-15-13-8-14-16(10-4-2)18(15)17-11-6-5-7-12-17/h3,5-8,11-14H,1,4,9-10H2,2H3. The van der Waals surface area contributed by atoms with Gasteiger partial charge in [-0.25, -0.2) is 0 Å². The monoisotopic (exact) mass is 236 g/mol. The van der Waals surface area contributed by atoms with Crippen LogP contribution in [0.1, 0.15) is 24.5 Å². The number of benzene rings is 2. The topological polar surface area (TPSA) is 0 Å². The van der Waals surface area contributed by atoms with Crippen LogP contribution >= 0.6 is 0 Å². The van der Waals surface area contributed by atoms with E-state index in [0.717, 1.165) is 12.8 Å². The minimum Gasteiger partial charge on any atom is -0.103 e. The molecule has 0 aliphatic rings. The smallest absolute Gasteiger partial charge is 0.00939 e. The Balaban J connectivity index is 2.56. The van der Waals surface area contributed by atoms with Gasteiger partial charge < -0.3 is 0 Å². The fourth-order valence-electron chi connectivity index (χ4n) is 2.43. The van der Waals surface area contributed by atoms with Crippen LogP contribution in [0.25, 0.3) is 11.1 Å². The summed E-state index contributed by atoms with van der Waals surface area (Å²) in [5.74, 6) is 0. The average Bonchev–Trinajstić information content (AvgIpc) is 2.41. The van der Waals surface area contributed by atoms with Crippen LogP contribution in [-0.4, -0.2) is 0 Å². The number of aryl methyl sites for hydroxylation is 1. The van der Waals surface area contributed by atoms with Crippen molar-refractivity contribution in [1.29, 1.82) is 0 Å². The van der Waals surface area contributed by atoms with Crippen LogP contribution in [0.2, 0.25) is 0 Å². The van der Waals surface area contributed by atoms with E-state index < -0.39 is 0 Å². The molecule has 0 nitrogen and oxygen atoms in total. The van der Waals surface area contributed by atoms with Crippen LogP contribution in [0, 0.1) is 0 Å². The molecule has 0 aliphatic heterocycles. The molecule has 2 aromatic rings. The maximum atomic E-state index is 3.87. The molecule has 0 unspecified atom stereocenters. The van der Waals surface area contributed by atoms with Gasteiger partial charge in [0, 0.05) is 0 Å². The second-order valence-corrected chi connectivity index (χ2v) is 4.56. The molecule has 0 bridgehead atoms. The van der Waals surface area contributed by atoms with Crippen LogP contribution in [-0.2, 0) is 12.8 Å². The highest BCUT2D eigenvalue weighted by Crippen LogP contribution is 2.29. The number of rotatable bonds is 5. The van der Waals surface area contributed by atoms with E-state index in [1.54, 1.807) is 0 Å². The van der Waals surface area contributed by atoms with E-state index in [4.69, 9.17) is 0 Å². The molecule has 0 heteroatoms.